The van der Waals surface area contributed by atoms with E-state index in [-0.39, 0.29) is 11.2 Å². The monoisotopic (exact) mass is 245 g/mol. The summed E-state index contributed by atoms with van der Waals surface area (Å²) in [5.41, 5.74) is 6.33. The molecule has 0 aromatic heterocycles. The van der Waals surface area contributed by atoms with Crippen molar-refractivity contribution in [3.8, 4) is 0 Å². The average Bonchev–Trinajstić information content (AvgIpc) is 2.09. The third-order valence-corrected chi connectivity index (χ3v) is 2.86. The third-order valence-electron chi connectivity index (χ3n) is 2.17. The first kappa shape index (κ1) is 10.7. The second-order valence-corrected chi connectivity index (χ2v) is 4.57. The summed E-state index contributed by atoms with van der Waals surface area (Å²) in [4.78, 5) is 0. The minimum Gasteiger partial charge on any atom is -0.330 e. The zero-order chi connectivity index (χ0) is 10.1. The smallest absolute Gasteiger partial charge is 0.123 e. The van der Waals surface area contributed by atoms with Gasteiger partial charge in [-0.15, -0.1) is 0 Å². The van der Waals surface area contributed by atoms with Crippen molar-refractivity contribution in [1.82, 2.24) is 0 Å². The quantitative estimate of drug-likeness (QED) is 0.853. The predicted molar refractivity (Wildman–Crippen MR) is 56.2 cm³/mol. The van der Waals surface area contributed by atoms with Crippen molar-refractivity contribution in [2.75, 3.05) is 6.54 Å². The van der Waals surface area contributed by atoms with Crippen molar-refractivity contribution in [3.63, 3.8) is 0 Å². The minimum absolute atomic E-state index is 0.194. The van der Waals surface area contributed by atoms with Crippen molar-refractivity contribution in [1.29, 1.82) is 0 Å². The number of nitrogens with two attached hydrogens (primary N) is 1. The van der Waals surface area contributed by atoms with E-state index in [1.165, 1.54) is 12.1 Å². The Bertz CT molecular complexity index is 310. The second kappa shape index (κ2) is 3.76. The lowest BCUT2D eigenvalue weighted by Gasteiger charge is -2.24. The van der Waals surface area contributed by atoms with Gasteiger partial charge in [0.15, 0.2) is 0 Å². The molecule has 0 saturated carbocycles. The molecule has 0 heterocycles. The van der Waals surface area contributed by atoms with Crippen molar-refractivity contribution >= 4 is 15.9 Å². The van der Waals surface area contributed by atoms with Crippen LogP contribution >= 0.6 is 15.9 Å². The molecule has 13 heavy (non-hydrogen) atoms. The highest BCUT2D eigenvalue weighted by molar-refractivity contribution is 9.10. The van der Waals surface area contributed by atoms with E-state index in [0.717, 1.165) is 10.0 Å². The fourth-order valence-corrected chi connectivity index (χ4v) is 1.91. The summed E-state index contributed by atoms with van der Waals surface area (Å²) in [7, 11) is 0. The molecule has 0 atom stereocenters. The highest BCUT2D eigenvalue weighted by atomic mass is 79.9. The molecule has 0 aliphatic carbocycles. The first-order valence-corrected chi connectivity index (χ1v) is 4.92. The van der Waals surface area contributed by atoms with E-state index >= 15 is 0 Å². The molecule has 2 N–H and O–H groups in total. The van der Waals surface area contributed by atoms with E-state index in [9.17, 15) is 4.39 Å². The molecular formula is C10H13BrFN. The van der Waals surface area contributed by atoms with Crippen molar-refractivity contribution in [2.45, 2.75) is 19.3 Å². The van der Waals surface area contributed by atoms with Gasteiger partial charge in [0.05, 0.1) is 0 Å². The summed E-state index contributed by atoms with van der Waals surface area (Å²) in [6, 6.07) is 4.67. The van der Waals surface area contributed by atoms with Crippen LogP contribution in [0.25, 0.3) is 0 Å². The Balaban J connectivity index is 3.20. The summed E-state index contributed by atoms with van der Waals surface area (Å²) < 4.78 is 13.9. The fourth-order valence-electron chi connectivity index (χ4n) is 1.13. The molecule has 0 saturated heterocycles. The lowest BCUT2D eigenvalue weighted by Crippen LogP contribution is -2.28. The molecule has 0 spiro atoms. The van der Waals surface area contributed by atoms with E-state index in [2.05, 4.69) is 15.9 Å². The predicted octanol–water partition coefficient (Wildman–Crippen LogP) is 2.82. The lowest BCUT2D eigenvalue weighted by molar-refractivity contribution is 0.528. The van der Waals surface area contributed by atoms with E-state index in [1.54, 1.807) is 6.07 Å². The van der Waals surface area contributed by atoms with Gasteiger partial charge in [-0.3, -0.25) is 0 Å². The molecule has 0 amide bonds. The van der Waals surface area contributed by atoms with Gasteiger partial charge in [-0.1, -0.05) is 29.8 Å². The van der Waals surface area contributed by atoms with Crippen LogP contribution in [-0.2, 0) is 5.41 Å². The Labute approximate surface area is 86.3 Å². The lowest BCUT2D eigenvalue weighted by atomic mass is 9.85. The number of rotatable bonds is 2. The molecule has 0 radical (unpaired) electrons. The number of hydrogen-bond acceptors (Lipinski definition) is 1. The molecule has 72 valence electrons. The maximum Gasteiger partial charge on any atom is 0.123 e. The van der Waals surface area contributed by atoms with E-state index in [4.69, 9.17) is 5.73 Å². The Hall–Kier alpha value is -0.410. The van der Waals surface area contributed by atoms with Gasteiger partial charge >= 0.3 is 0 Å². The topological polar surface area (TPSA) is 26.0 Å². The molecule has 0 fully saturated rings. The zero-order valence-corrected chi connectivity index (χ0v) is 9.36. The molecular weight excluding hydrogens is 233 g/mol. The highest BCUT2D eigenvalue weighted by Crippen LogP contribution is 2.29. The second-order valence-electron chi connectivity index (χ2n) is 3.71. The Kier molecular flexibility index (Phi) is 3.09. The summed E-state index contributed by atoms with van der Waals surface area (Å²) in [6.07, 6.45) is 0. The van der Waals surface area contributed by atoms with Crippen molar-refractivity contribution < 1.29 is 4.39 Å². The van der Waals surface area contributed by atoms with Crippen LogP contribution < -0.4 is 5.73 Å². The van der Waals surface area contributed by atoms with Crippen LogP contribution in [0, 0.1) is 5.82 Å². The van der Waals surface area contributed by atoms with Crippen LogP contribution in [0.3, 0.4) is 0 Å². The summed E-state index contributed by atoms with van der Waals surface area (Å²) in [6.45, 7) is 4.48. The largest absolute Gasteiger partial charge is 0.330 e. The molecule has 0 aliphatic heterocycles. The van der Waals surface area contributed by atoms with Crippen LogP contribution in [0.2, 0.25) is 0 Å². The molecule has 1 rings (SSSR count). The van der Waals surface area contributed by atoms with Crippen molar-refractivity contribution in [3.05, 3.63) is 34.1 Å². The normalized spacial score (nSPS) is 11.8. The average molecular weight is 246 g/mol. The molecule has 0 aliphatic rings. The SMILES string of the molecule is CC(C)(CN)c1cc(F)ccc1Br. The third kappa shape index (κ3) is 2.29. The van der Waals surface area contributed by atoms with Gasteiger partial charge in [-0.05, 0) is 23.8 Å². The van der Waals surface area contributed by atoms with Crippen LogP contribution in [0.4, 0.5) is 4.39 Å². The van der Waals surface area contributed by atoms with Gasteiger partial charge in [0.1, 0.15) is 5.82 Å². The fraction of sp³-hybridized carbons (Fsp3) is 0.400. The number of hydrogen-bond donors (Lipinski definition) is 1. The molecule has 1 aromatic rings. The van der Waals surface area contributed by atoms with Gasteiger partial charge in [0.25, 0.3) is 0 Å². The van der Waals surface area contributed by atoms with Gasteiger partial charge in [0, 0.05) is 16.4 Å². The van der Waals surface area contributed by atoms with E-state index < -0.39 is 0 Å². The molecule has 0 unspecified atom stereocenters. The van der Waals surface area contributed by atoms with E-state index in [0.29, 0.717) is 6.54 Å². The van der Waals surface area contributed by atoms with Crippen LogP contribution in [0.15, 0.2) is 22.7 Å². The highest BCUT2D eigenvalue weighted by Gasteiger charge is 2.21. The molecule has 1 nitrogen and oxygen atoms in total. The molecule has 1 aromatic carbocycles. The van der Waals surface area contributed by atoms with Gasteiger partial charge in [-0.2, -0.15) is 0 Å². The summed E-state index contributed by atoms with van der Waals surface area (Å²) in [5.74, 6) is -0.222. The van der Waals surface area contributed by atoms with Crippen LogP contribution in [0.1, 0.15) is 19.4 Å². The maximum absolute atomic E-state index is 13.0. The molecule has 3 heteroatoms. The number of halogens is 2. The minimum atomic E-state index is -0.222. The van der Waals surface area contributed by atoms with Crippen LogP contribution in [0.5, 0.6) is 0 Å². The summed E-state index contributed by atoms with van der Waals surface area (Å²) in [5, 5.41) is 0. The van der Waals surface area contributed by atoms with Gasteiger partial charge in [0.2, 0.25) is 0 Å². The first-order chi connectivity index (χ1) is 5.97. The van der Waals surface area contributed by atoms with Gasteiger partial charge in [-0.25, -0.2) is 4.39 Å². The zero-order valence-electron chi connectivity index (χ0n) is 7.77. The van der Waals surface area contributed by atoms with Gasteiger partial charge < -0.3 is 5.73 Å². The first-order valence-electron chi connectivity index (χ1n) is 4.13. The molecule has 0 bridgehead atoms. The summed E-state index contributed by atoms with van der Waals surface area (Å²) >= 11 is 3.38. The van der Waals surface area contributed by atoms with Crippen LogP contribution in [-0.4, -0.2) is 6.54 Å². The Morgan fingerprint density at radius 3 is 2.62 bits per heavy atom. The Morgan fingerprint density at radius 2 is 2.08 bits per heavy atom. The van der Waals surface area contributed by atoms with Crippen molar-refractivity contribution in [2.24, 2.45) is 5.73 Å². The standard InChI is InChI=1S/C10H13BrFN/c1-10(2,6-13)8-5-7(12)3-4-9(8)11/h3-5H,6,13H2,1-2H3. The van der Waals surface area contributed by atoms with E-state index in [1.807, 2.05) is 13.8 Å². The maximum atomic E-state index is 13.0. The number of benzene rings is 1. The Morgan fingerprint density at radius 1 is 1.46 bits per heavy atom.